The Bertz CT molecular complexity index is 635. The maximum atomic E-state index is 12.5. The molecule has 1 unspecified atom stereocenters. The maximum absolute atomic E-state index is 12.5. The van der Waals surface area contributed by atoms with E-state index in [1.807, 2.05) is 37.3 Å². The van der Waals surface area contributed by atoms with Crippen molar-refractivity contribution in [3.8, 4) is 0 Å². The molecular formula is C15H20N2O. The first-order valence-electron chi connectivity index (χ1n) is 6.22. The molecule has 0 fully saturated rings. The highest BCUT2D eigenvalue weighted by molar-refractivity contribution is 5.83. The van der Waals surface area contributed by atoms with Crippen LogP contribution in [0.5, 0.6) is 0 Å². The summed E-state index contributed by atoms with van der Waals surface area (Å²) in [5.41, 5.74) is 6.03. The number of pyridine rings is 1. The zero-order chi connectivity index (χ0) is 13.5. The first-order chi connectivity index (χ1) is 8.32. The van der Waals surface area contributed by atoms with E-state index in [9.17, 15) is 4.79 Å². The van der Waals surface area contributed by atoms with E-state index < -0.39 is 0 Å². The van der Waals surface area contributed by atoms with Crippen LogP contribution in [0.2, 0.25) is 0 Å². The molecule has 0 amide bonds. The van der Waals surface area contributed by atoms with Crippen LogP contribution in [0.25, 0.3) is 10.8 Å². The van der Waals surface area contributed by atoms with E-state index in [-0.39, 0.29) is 17.0 Å². The third-order valence-corrected chi connectivity index (χ3v) is 3.63. The maximum Gasteiger partial charge on any atom is 0.260 e. The van der Waals surface area contributed by atoms with Crippen molar-refractivity contribution in [3.63, 3.8) is 0 Å². The van der Waals surface area contributed by atoms with Gasteiger partial charge in [0.25, 0.3) is 5.56 Å². The number of benzene rings is 1. The third kappa shape index (κ3) is 2.01. The molecule has 1 atom stereocenters. The summed E-state index contributed by atoms with van der Waals surface area (Å²) in [6.07, 6.45) is 0. The van der Waals surface area contributed by atoms with Crippen LogP contribution in [-0.4, -0.2) is 4.57 Å². The summed E-state index contributed by atoms with van der Waals surface area (Å²) in [5, 5.41) is 1.63. The quantitative estimate of drug-likeness (QED) is 0.837. The second-order valence-corrected chi connectivity index (χ2v) is 5.87. The number of anilines is 1. The molecule has 18 heavy (non-hydrogen) atoms. The van der Waals surface area contributed by atoms with Gasteiger partial charge in [-0.15, -0.1) is 0 Å². The molecule has 2 aromatic rings. The fourth-order valence-electron chi connectivity index (χ4n) is 2.08. The Morgan fingerprint density at radius 2 is 1.83 bits per heavy atom. The van der Waals surface area contributed by atoms with Crippen molar-refractivity contribution in [3.05, 3.63) is 40.7 Å². The number of nitrogen functional groups attached to an aromatic ring is 1. The Morgan fingerprint density at radius 1 is 1.22 bits per heavy atom. The van der Waals surface area contributed by atoms with E-state index in [0.29, 0.717) is 5.82 Å². The molecule has 1 aromatic heterocycles. The van der Waals surface area contributed by atoms with Gasteiger partial charge in [-0.1, -0.05) is 39.0 Å². The summed E-state index contributed by atoms with van der Waals surface area (Å²) in [6.45, 7) is 8.36. The number of nitrogens with zero attached hydrogens (tertiary/aromatic N) is 1. The molecule has 0 aliphatic heterocycles. The number of aromatic nitrogens is 1. The first-order valence-corrected chi connectivity index (χ1v) is 6.22. The molecule has 0 bridgehead atoms. The summed E-state index contributed by atoms with van der Waals surface area (Å²) >= 11 is 0. The van der Waals surface area contributed by atoms with Crippen molar-refractivity contribution >= 4 is 16.6 Å². The monoisotopic (exact) mass is 244 g/mol. The Kier molecular flexibility index (Phi) is 2.93. The number of rotatable bonds is 1. The van der Waals surface area contributed by atoms with Gasteiger partial charge < -0.3 is 5.73 Å². The second kappa shape index (κ2) is 4.16. The predicted molar refractivity (Wildman–Crippen MR) is 76.8 cm³/mol. The van der Waals surface area contributed by atoms with Gasteiger partial charge in [0.2, 0.25) is 0 Å². The van der Waals surface area contributed by atoms with Crippen LogP contribution in [0.15, 0.2) is 35.1 Å². The average molecular weight is 244 g/mol. The second-order valence-electron chi connectivity index (χ2n) is 5.87. The smallest absolute Gasteiger partial charge is 0.260 e. The Hall–Kier alpha value is -1.77. The highest BCUT2D eigenvalue weighted by Crippen LogP contribution is 2.31. The van der Waals surface area contributed by atoms with Gasteiger partial charge in [0.05, 0.1) is 0 Å². The van der Waals surface area contributed by atoms with E-state index in [4.69, 9.17) is 5.73 Å². The molecular weight excluding hydrogens is 224 g/mol. The first kappa shape index (κ1) is 12.7. The number of hydrogen-bond donors (Lipinski definition) is 1. The van der Waals surface area contributed by atoms with Crippen molar-refractivity contribution in [1.29, 1.82) is 0 Å². The largest absolute Gasteiger partial charge is 0.385 e. The fraction of sp³-hybridized carbons (Fsp3) is 0.400. The molecule has 0 aliphatic carbocycles. The van der Waals surface area contributed by atoms with Gasteiger partial charge in [-0.25, -0.2) is 0 Å². The van der Waals surface area contributed by atoms with Crippen molar-refractivity contribution in [2.75, 3.05) is 5.73 Å². The lowest BCUT2D eigenvalue weighted by Crippen LogP contribution is -2.32. The molecule has 1 aromatic carbocycles. The van der Waals surface area contributed by atoms with Crippen LogP contribution in [-0.2, 0) is 0 Å². The van der Waals surface area contributed by atoms with Crippen LogP contribution < -0.4 is 11.3 Å². The molecule has 96 valence electrons. The van der Waals surface area contributed by atoms with Gasteiger partial charge >= 0.3 is 0 Å². The van der Waals surface area contributed by atoms with Crippen LogP contribution in [0.3, 0.4) is 0 Å². The molecule has 0 saturated heterocycles. The minimum Gasteiger partial charge on any atom is -0.385 e. The van der Waals surface area contributed by atoms with E-state index in [0.717, 1.165) is 10.8 Å². The van der Waals surface area contributed by atoms with Crippen LogP contribution in [0, 0.1) is 5.41 Å². The van der Waals surface area contributed by atoms with Crippen molar-refractivity contribution in [2.45, 2.75) is 33.7 Å². The molecule has 3 nitrogen and oxygen atoms in total. The van der Waals surface area contributed by atoms with Crippen LogP contribution in [0.1, 0.15) is 33.7 Å². The lowest BCUT2D eigenvalue weighted by molar-refractivity contribution is 0.261. The topological polar surface area (TPSA) is 48.0 Å². The zero-order valence-corrected chi connectivity index (χ0v) is 11.4. The molecule has 2 N–H and O–H groups in total. The minimum absolute atomic E-state index is 0.00646. The van der Waals surface area contributed by atoms with Gasteiger partial charge in [-0.05, 0) is 29.9 Å². The standard InChI is InChI=1S/C15H20N2O/c1-10(15(2,3)4)17-13(16)9-11-7-5-6-8-12(11)14(17)18/h5-10H,16H2,1-4H3. The van der Waals surface area contributed by atoms with E-state index in [2.05, 4.69) is 20.8 Å². The average Bonchev–Trinajstić information content (AvgIpc) is 2.27. The van der Waals surface area contributed by atoms with Crippen molar-refractivity contribution in [1.82, 2.24) is 4.57 Å². The van der Waals surface area contributed by atoms with E-state index in [1.54, 1.807) is 4.57 Å². The highest BCUT2D eigenvalue weighted by atomic mass is 16.1. The van der Waals surface area contributed by atoms with Crippen molar-refractivity contribution in [2.24, 2.45) is 5.41 Å². The summed E-state index contributed by atoms with van der Waals surface area (Å²) in [6, 6.07) is 9.49. The lowest BCUT2D eigenvalue weighted by atomic mass is 9.87. The zero-order valence-electron chi connectivity index (χ0n) is 11.4. The Balaban J connectivity index is 2.76. The molecule has 0 saturated carbocycles. The predicted octanol–water partition coefficient (Wildman–Crippen LogP) is 3.19. The SMILES string of the molecule is CC(n1c(N)cc2ccccc2c1=O)C(C)(C)C. The van der Waals surface area contributed by atoms with Gasteiger partial charge in [0.15, 0.2) is 0 Å². The summed E-state index contributed by atoms with van der Waals surface area (Å²) < 4.78 is 1.70. The molecule has 3 heteroatoms. The fourth-order valence-corrected chi connectivity index (χ4v) is 2.08. The van der Waals surface area contributed by atoms with Gasteiger partial charge in [0, 0.05) is 11.4 Å². The Labute approximate surface area is 107 Å². The van der Waals surface area contributed by atoms with Gasteiger partial charge in [-0.3, -0.25) is 9.36 Å². The lowest BCUT2D eigenvalue weighted by Gasteiger charge is -2.30. The summed E-state index contributed by atoms with van der Waals surface area (Å²) in [5.74, 6) is 0.529. The number of hydrogen-bond acceptors (Lipinski definition) is 2. The third-order valence-electron chi connectivity index (χ3n) is 3.63. The van der Waals surface area contributed by atoms with Crippen molar-refractivity contribution < 1.29 is 0 Å². The normalized spacial score (nSPS) is 13.8. The number of fused-ring (bicyclic) bond motifs is 1. The van der Waals surface area contributed by atoms with Gasteiger partial charge in [-0.2, -0.15) is 0 Å². The summed E-state index contributed by atoms with van der Waals surface area (Å²) in [4.78, 5) is 12.5. The molecule has 2 rings (SSSR count). The molecule has 0 spiro atoms. The van der Waals surface area contributed by atoms with Crippen LogP contribution >= 0.6 is 0 Å². The minimum atomic E-state index is -0.0135. The molecule has 0 radical (unpaired) electrons. The van der Waals surface area contributed by atoms with Gasteiger partial charge in [0.1, 0.15) is 5.82 Å². The highest BCUT2D eigenvalue weighted by Gasteiger charge is 2.24. The Morgan fingerprint density at radius 3 is 2.44 bits per heavy atom. The molecule has 1 heterocycles. The van der Waals surface area contributed by atoms with Crippen LogP contribution in [0.4, 0.5) is 5.82 Å². The summed E-state index contributed by atoms with van der Waals surface area (Å²) in [7, 11) is 0. The van der Waals surface area contributed by atoms with E-state index in [1.165, 1.54) is 0 Å². The number of nitrogens with two attached hydrogens (primary N) is 1. The van der Waals surface area contributed by atoms with E-state index >= 15 is 0 Å². The molecule has 0 aliphatic rings.